The van der Waals surface area contributed by atoms with Crippen molar-refractivity contribution < 1.29 is 9.47 Å². The van der Waals surface area contributed by atoms with Crippen molar-refractivity contribution in [1.29, 1.82) is 0 Å². The summed E-state index contributed by atoms with van der Waals surface area (Å²) >= 11 is 0. The minimum Gasteiger partial charge on any atom is -0.469 e. The maximum Gasteiger partial charge on any atom is 0.218 e. The van der Waals surface area contributed by atoms with Crippen LogP contribution in [0.3, 0.4) is 0 Å². The molecule has 6 heteroatoms. The van der Waals surface area contributed by atoms with Crippen LogP contribution in [0.5, 0.6) is 0 Å². The first-order valence-corrected chi connectivity index (χ1v) is 14.9. The van der Waals surface area contributed by atoms with Crippen LogP contribution in [0.1, 0.15) is 38.8 Å². The van der Waals surface area contributed by atoms with E-state index in [9.17, 15) is 0 Å². The zero-order valence-corrected chi connectivity index (χ0v) is 25.4. The molecule has 5 aromatic rings. The molecule has 218 valence electrons. The highest BCUT2D eigenvalue weighted by atomic mass is 16.5. The van der Waals surface area contributed by atoms with E-state index in [1.54, 1.807) is 0 Å². The van der Waals surface area contributed by atoms with Crippen molar-refractivity contribution in [2.75, 3.05) is 13.1 Å². The van der Waals surface area contributed by atoms with E-state index < -0.39 is 0 Å². The lowest BCUT2D eigenvalue weighted by atomic mass is 9.95. The van der Waals surface area contributed by atoms with Crippen LogP contribution in [-0.2, 0) is 9.47 Å². The van der Waals surface area contributed by atoms with E-state index in [1.807, 2.05) is 70.4 Å². The molecule has 6 nitrogen and oxygen atoms in total. The summed E-state index contributed by atoms with van der Waals surface area (Å²) in [7, 11) is 0. The standard InChI is InChI=1S/C38H34N4O2/c1-37(2)23-41-35(43-37)28-14-16-33(39-21-28)31-18-30(27-12-10-26(11-13-27)25-8-6-5-7-9-25)19-32(20-31)34-17-15-29(22-40-34)36-42-24-38(3,4)44-36/h5-22H,23-24H2,1-4H3. The third-order valence-corrected chi connectivity index (χ3v) is 7.82. The second kappa shape index (κ2) is 10.9. The SMILES string of the molecule is CC1(C)CN=C(c2ccc(-c3cc(-c4ccc(-c5ccccc5)cc4)cc(-c4ccc(C5=NCC(C)(C)O5)cn4)c3)nc2)O1. The van der Waals surface area contributed by atoms with Crippen molar-refractivity contribution in [3.05, 3.63) is 121 Å². The number of benzene rings is 3. The Morgan fingerprint density at radius 3 is 1.27 bits per heavy atom. The van der Waals surface area contributed by atoms with Crippen LogP contribution in [0.15, 0.2) is 119 Å². The average molecular weight is 579 g/mol. The Morgan fingerprint density at radius 1 is 0.455 bits per heavy atom. The van der Waals surface area contributed by atoms with Gasteiger partial charge in [0, 0.05) is 23.5 Å². The molecule has 0 spiro atoms. The molecule has 0 saturated heterocycles. The van der Waals surface area contributed by atoms with E-state index >= 15 is 0 Å². The molecular weight excluding hydrogens is 544 g/mol. The second-order valence-electron chi connectivity index (χ2n) is 12.6. The Bertz CT molecular complexity index is 1780. The first-order chi connectivity index (χ1) is 21.2. The monoisotopic (exact) mass is 578 g/mol. The van der Waals surface area contributed by atoms with E-state index in [1.165, 1.54) is 11.1 Å². The van der Waals surface area contributed by atoms with Crippen LogP contribution in [-0.4, -0.2) is 46.1 Å². The summed E-state index contributed by atoms with van der Waals surface area (Å²) in [5.74, 6) is 1.29. The molecule has 2 aliphatic rings. The molecule has 2 aliphatic heterocycles. The predicted octanol–water partition coefficient (Wildman–Crippen LogP) is 8.26. The van der Waals surface area contributed by atoms with Gasteiger partial charge in [-0.25, -0.2) is 9.98 Å². The van der Waals surface area contributed by atoms with E-state index in [-0.39, 0.29) is 11.2 Å². The molecular formula is C38H34N4O2. The third kappa shape index (κ3) is 5.76. The molecule has 0 N–H and O–H groups in total. The van der Waals surface area contributed by atoms with Gasteiger partial charge in [0.2, 0.25) is 11.8 Å². The molecule has 0 radical (unpaired) electrons. The van der Waals surface area contributed by atoms with Crippen LogP contribution in [0.2, 0.25) is 0 Å². The van der Waals surface area contributed by atoms with Crippen molar-refractivity contribution in [1.82, 2.24) is 9.97 Å². The molecule has 0 fully saturated rings. The number of ether oxygens (including phenoxy) is 2. The van der Waals surface area contributed by atoms with Gasteiger partial charge in [-0.3, -0.25) is 9.97 Å². The highest BCUT2D eigenvalue weighted by Crippen LogP contribution is 2.33. The van der Waals surface area contributed by atoms with Gasteiger partial charge in [0.15, 0.2) is 0 Å². The molecule has 4 heterocycles. The highest BCUT2D eigenvalue weighted by Gasteiger charge is 2.29. The van der Waals surface area contributed by atoms with Gasteiger partial charge in [-0.15, -0.1) is 0 Å². The number of aliphatic imine (C=N–C) groups is 2. The lowest BCUT2D eigenvalue weighted by molar-refractivity contribution is 0.131. The minimum absolute atomic E-state index is 0.289. The summed E-state index contributed by atoms with van der Waals surface area (Å²) in [4.78, 5) is 18.8. The Kier molecular flexibility index (Phi) is 6.85. The van der Waals surface area contributed by atoms with Crippen molar-refractivity contribution >= 4 is 11.8 Å². The number of hydrogen-bond acceptors (Lipinski definition) is 6. The van der Waals surface area contributed by atoms with Crippen molar-refractivity contribution in [3.63, 3.8) is 0 Å². The largest absolute Gasteiger partial charge is 0.469 e. The highest BCUT2D eigenvalue weighted by molar-refractivity contribution is 5.96. The van der Waals surface area contributed by atoms with Gasteiger partial charge in [-0.2, -0.15) is 0 Å². The summed E-state index contributed by atoms with van der Waals surface area (Å²) in [6.07, 6.45) is 3.68. The topological polar surface area (TPSA) is 69.0 Å². The summed E-state index contributed by atoms with van der Waals surface area (Å²) in [5, 5.41) is 0. The summed E-state index contributed by atoms with van der Waals surface area (Å²) < 4.78 is 12.0. The fourth-order valence-electron chi connectivity index (χ4n) is 5.44. The number of pyridine rings is 2. The minimum atomic E-state index is -0.289. The Labute approximate surface area is 258 Å². The third-order valence-electron chi connectivity index (χ3n) is 7.82. The van der Waals surface area contributed by atoms with Crippen molar-refractivity contribution in [2.24, 2.45) is 9.98 Å². The zero-order valence-electron chi connectivity index (χ0n) is 25.4. The fourth-order valence-corrected chi connectivity index (χ4v) is 5.44. The first kappa shape index (κ1) is 27.7. The second-order valence-corrected chi connectivity index (χ2v) is 12.6. The summed E-state index contributed by atoms with van der Waals surface area (Å²) in [5.41, 5.74) is 9.49. The van der Waals surface area contributed by atoms with Crippen LogP contribution < -0.4 is 0 Å². The molecule has 7 rings (SSSR count). The Balaban J connectivity index is 1.25. The maximum atomic E-state index is 6.02. The molecule has 0 saturated carbocycles. The molecule has 3 aromatic carbocycles. The lowest BCUT2D eigenvalue weighted by Gasteiger charge is -2.17. The van der Waals surface area contributed by atoms with Gasteiger partial charge >= 0.3 is 0 Å². The normalized spacial score (nSPS) is 16.5. The maximum absolute atomic E-state index is 6.02. The number of nitrogens with zero attached hydrogens (tertiary/aromatic N) is 4. The molecule has 0 aliphatic carbocycles. The van der Waals surface area contributed by atoms with Crippen molar-refractivity contribution in [3.8, 4) is 44.8 Å². The number of hydrogen-bond donors (Lipinski definition) is 0. The van der Waals surface area contributed by atoms with Crippen LogP contribution >= 0.6 is 0 Å². The van der Waals surface area contributed by atoms with Gasteiger partial charge < -0.3 is 9.47 Å². The van der Waals surface area contributed by atoms with E-state index in [4.69, 9.17) is 19.4 Å². The zero-order chi connectivity index (χ0) is 30.3. The van der Waals surface area contributed by atoms with Gasteiger partial charge in [0.05, 0.1) is 35.6 Å². The van der Waals surface area contributed by atoms with Gasteiger partial charge in [-0.05, 0) is 92.4 Å². The smallest absolute Gasteiger partial charge is 0.218 e. The van der Waals surface area contributed by atoms with E-state index in [0.717, 1.165) is 44.8 Å². The van der Waals surface area contributed by atoms with Crippen LogP contribution in [0, 0.1) is 0 Å². The lowest BCUT2D eigenvalue weighted by Crippen LogP contribution is -2.24. The van der Waals surface area contributed by atoms with Gasteiger partial charge in [-0.1, -0.05) is 54.6 Å². The average Bonchev–Trinajstić information content (AvgIpc) is 3.62. The van der Waals surface area contributed by atoms with Crippen molar-refractivity contribution in [2.45, 2.75) is 38.9 Å². The number of aromatic nitrogens is 2. The van der Waals surface area contributed by atoms with E-state index in [0.29, 0.717) is 24.9 Å². The Hall–Kier alpha value is -5.10. The molecule has 44 heavy (non-hydrogen) atoms. The molecule has 0 unspecified atom stereocenters. The summed E-state index contributed by atoms with van der Waals surface area (Å²) in [6.45, 7) is 9.45. The van der Waals surface area contributed by atoms with Crippen LogP contribution in [0.25, 0.3) is 44.8 Å². The van der Waals surface area contributed by atoms with Crippen LogP contribution in [0.4, 0.5) is 0 Å². The van der Waals surface area contributed by atoms with Gasteiger partial charge in [0.1, 0.15) is 11.2 Å². The summed E-state index contributed by atoms with van der Waals surface area (Å²) in [6, 6.07) is 33.7. The first-order valence-electron chi connectivity index (χ1n) is 14.9. The molecule has 0 amide bonds. The predicted molar refractivity (Wildman–Crippen MR) is 177 cm³/mol. The quantitative estimate of drug-likeness (QED) is 0.203. The van der Waals surface area contributed by atoms with E-state index in [2.05, 4.69) is 76.7 Å². The fraction of sp³-hybridized carbons (Fsp3) is 0.211. The van der Waals surface area contributed by atoms with Gasteiger partial charge in [0.25, 0.3) is 0 Å². The molecule has 0 atom stereocenters. The number of rotatable bonds is 6. The Morgan fingerprint density at radius 2 is 0.864 bits per heavy atom. The molecule has 0 bridgehead atoms. The molecule has 2 aromatic heterocycles.